The zero-order valence-electron chi connectivity index (χ0n) is 14.4. The lowest BCUT2D eigenvalue weighted by Crippen LogP contribution is -2.31. The molecule has 0 aliphatic rings. The number of thiazole rings is 1. The normalized spacial score (nSPS) is 11.6. The first kappa shape index (κ1) is 18.3. The summed E-state index contributed by atoms with van der Waals surface area (Å²) in [6, 6.07) is 14.4. The minimum atomic E-state index is -4.00. The molecule has 2 aromatic carbocycles. The van der Waals surface area contributed by atoms with E-state index in [0.717, 1.165) is 16.4 Å². The highest BCUT2D eigenvalue weighted by molar-refractivity contribution is 7.92. The van der Waals surface area contributed by atoms with Gasteiger partial charge in [0, 0.05) is 17.6 Å². The van der Waals surface area contributed by atoms with Crippen LogP contribution >= 0.6 is 11.3 Å². The van der Waals surface area contributed by atoms with Crippen molar-refractivity contribution in [2.24, 2.45) is 0 Å². The van der Waals surface area contributed by atoms with Crippen LogP contribution < -0.4 is 9.86 Å². The molecule has 4 rings (SSSR count). The summed E-state index contributed by atoms with van der Waals surface area (Å²) >= 11 is 1.29. The summed E-state index contributed by atoms with van der Waals surface area (Å²) in [5, 5.41) is 1.73. The summed E-state index contributed by atoms with van der Waals surface area (Å²) in [7, 11) is -4.00. The number of halogens is 1. The first-order chi connectivity index (χ1) is 13.4. The molecule has 2 aromatic heterocycles. The van der Waals surface area contributed by atoms with Gasteiger partial charge in [0.25, 0.3) is 15.6 Å². The summed E-state index contributed by atoms with van der Waals surface area (Å²) in [6.07, 6.45) is 1.61. The van der Waals surface area contributed by atoms with Crippen molar-refractivity contribution in [1.29, 1.82) is 0 Å². The maximum Gasteiger partial charge on any atom is 0.264 e. The maximum absolute atomic E-state index is 13.3. The van der Waals surface area contributed by atoms with Gasteiger partial charge in [-0.3, -0.25) is 13.5 Å². The first-order valence-corrected chi connectivity index (χ1v) is 10.6. The number of hydrogen-bond donors (Lipinski definition) is 0. The van der Waals surface area contributed by atoms with E-state index in [9.17, 15) is 17.6 Å². The Labute approximate surface area is 164 Å². The van der Waals surface area contributed by atoms with Crippen molar-refractivity contribution in [2.75, 3.05) is 4.31 Å². The summed E-state index contributed by atoms with van der Waals surface area (Å²) in [6.45, 7) is -0.132. The van der Waals surface area contributed by atoms with Crippen LogP contribution in [-0.2, 0) is 16.6 Å². The van der Waals surface area contributed by atoms with E-state index in [1.165, 1.54) is 33.9 Å². The third kappa shape index (κ3) is 3.41. The largest absolute Gasteiger partial charge is 0.269 e. The van der Waals surface area contributed by atoms with E-state index in [-0.39, 0.29) is 17.0 Å². The van der Waals surface area contributed by atoms with Crippen LogP contribution in [0.3, 0.4) is 0 Å². The molecule has 0 bridgehead atoms. The Bertz CT molecular complexity index is 1280. The Hall–Kier alpha value is -3.04. The highest BCUT2D eigenvalue weighted by Gasteiger charge is 2.26. The van der Waals surface area contributed by atoms with Crippen molar-refractivity contribution >= 4 is 32.0 Å². The Balaban J connectivity index is 1.81. The lowest BCUT2D eigenvalue weighted by atomic mass is 10.3. The van der Waals surface area contributed by atoms with Crippen LogP contribution in [0.15, 0.2) is 81.9 Å². The Morgan fingerprint density at radius 2 is 1.79 bits per heavy atom. The van der Waals surface area contributed by atoms with Crippen LogP contribution in [0.4, 0.5) is 10.1 Å². The van der Waals surface area contributed by atoms with E-state index < -0.39 is 15.8 Å². The molecule has 0 aliphatic heterocycles. The van der Waals surface area contributed by atoms with E-state index >= 15 is 0 Å². The summed E-state index contributed by atoms with van der Waals surface area (Å²) < 4.78 is 42.3. The van der Waals surface area contributed by atoms with Gasteiger partial charge in [0.15, 0.2) is 4.96 Å². The molecule has 0 saturated heterocycles. The SMILES string of the molecule is O=c1cc(CN(c2ccccc2)S(=O)(=O)c2ccc(F)cc2)nc2sccn12. The molecule has 0 amide bonds. The second kappa shape index (κ2) is 7.17. The average molecular weight is 415 g/mol. The number of nitrogens with zero attached hydrogens (tertiary/aromatic N) is 3. The van der Waals surface area contributed by atoms with E-state index in [1.54, 1.807) is 41.9 Å². The standard InChI is InChI=1S/C19H14FN3O3S2/c20-14-6-8-17(9-7-14)28(25,26)23(16-4-2-1-3-5-16)13-15-12-18(24)22-10-11-27-19(22)21-15/h1-12H,13H2. The Morgan fingerprint density at radius 1 is 1.07 bits per heavy atom. The first-order valence-electron chi connectivity index (χ1n) is 8.24. The molecule has 0 spiro atoms. The number of fused-ring (bicyclic) bond motifs is 1. The second-order valence-corrected chi connectivity index (χ2v) is 8.68. The van der Waals surface area contributed by atoms with E-state index in [4.69, 9.17) is 0 Å². The number of para-hydroxylation sites is 1. The maximum atomic E-state index is 13.3. The quantitative estimate of drug-likeness (QED) is 0.501. The van der Waals surface area contributed by atoms with Gasteiger partial charge in [0.05, 0.1) is 22.8 Å². The number of anilines is 1. The fraction of sp³-hybridized carbons (Fsp3) is 0.0526. The average Bonchev–Trinajstić information content (AvgIpc) is 3.16. The molecule has 4 aromatic rings. The topological polar surface area (TPSA) is 71.8 Å². The van der Waals surface area contributed by atoms with Crippen molar-refractivity contribution in [3.63, 3.8) is 0 Å². The summed E-state index contributed by atoms with van der Waals surface area (Å²) in [5.41, 5.74) is 0.454. The number of rotatable bonds is 5. The van der Waals surface area contributed by atoms with Gasteiger partial charge >= 0.3 is 0 Å². The predicted molar refractivity (Wildman–Crippen MR) is 106 cm³/mol. The molecular formula is C19H14FN3O3S2. The van der Waals surface area contributed by atoms with Gasteiger partial charge in [-0.15, -0.1) is 11.3 Å². The molecule has 0 unspecified atom stereocenters. The summed E-state index contributed by atoms with van der Waals surface area (Å²) in [4.78, 5) is 17.1. The van der Waals surface area contributed by atoms with Crippen LogP contribution in [0.2, 0.25) is 0 Å². The highest BCUT2D eigenvalue weighted by atomic mass is 32.2. The molecule has 142 valence electrons. The third-order valence-corrected chi connectivity index (χ3v) is 6.65. The number of sulfonamides is 1. The van der Waals surface area contributed by atoms with Crippen LogP contribution in [-0.4, -0.2) is 17.8 Å². The van der Waals surface area contributed by atoms with E-state index in [2.05, 4.69) is 4.98 Å². The monoisotopic (exact) mass is 415 g/mol. The highest BCUT2D eigenvalue weighted by Crippen LogP contribution is 2.25. The van der Waals surface area contributed by atoms with Crippen LogP contribution in [0.5, 0.6) is 0 Å². The van der Waals surface area contributed by atoms with Crippen molar-refractivity contribution in [3.8, 4) is 0 Å². The van der Waals surface area contributed by atoms with Crippen molar-refractivity contribution in [3.05, 3.63) is 94.1 Å². The van der Waals surface area contributed by atoms with Crippen molar-refractivity contribution < 1.29 is 12.8 Å². The van der Waals surface area contributed by atoms with Crippen molar-refractivity contribution in [1.82, 2.24) is 9.38 Å². The minimum absolute atomic E-state index is 0.0494. The predicted octanol–water partition coefficient (Wildman–Crippen LogP) is 3.29. The molecule has 0 atom stereocenters. The second-order valence-electron chi connectivity index (χ2n) is 5.94. The Morgan fingerprint density at radius 3 is 2.50 bits per heavy atom. The van der Waals surface area contributed by atoms with Gasteiger partial charge in [-0.25, -0.2) is 17.8 Å². The molecule has 0 aliphatic carbocycles. The van der Waals surface area contributed by atoms with Gasteiger partial charge in [0.1, 0.15) is 5.82 Å². The fourth-order valence-corrected chi connectivity index (χ4v) is 4.93. The molecule has 0 radical (unpaired) electrons. The lowest BCUT2D eigenvalue weighted by Gasteiger charge is -2.24. The van der Waals surface area contributed by atoms with Gasteiger partial charge in [-0.1, -0.05) is 18.2 Å². The van der Waals surface area contributed by atoms with Crippen LogP contribution in [0, 0.1) is 5.82 Å². The summed E-state index contributed by atoms with van der Waals surface area (Å²) in [5.74, 6) is -0.525. The molecule has 0 N–H and O–H groups in total. The minimum Gasteiger partial charge on any atom is -0.269 e. The smallest absolute Gasteiger partial charge is 0.264 e. The number of hydrogen-bond acceptors (Lipinski definition) is 5. The molecule has 9 heteroatoms. The molecular weight excluding hydrogens is 401 g/mol. The van der Waals surface area contributed by atoms with Gasteiger partial charge in [0.2, 0.25) is 0 Å². The van der Waals surface area contributed by atoms with E-state index in [0.29, 0.717) is 16.3 Å². The van der Waals surface area contributed by atoms with Crippen molar-refractivity contribution in [2.45, 2.75) is 11.4 Å². The third-order valence-electron chi connectivity index (χ3n) is 4.11. The molecule has 2 heterocycles. The molecule has 0 fully saturated rings. The zero-order chi connectivity index (χ0) is 19.7. The van der Waals surface area contributed by atoms with Gasteiger partial charge in [-0.2, -0.15) is 0 Å². The molecule has 28 heavy (non-hydrogen) atoms. The van der Waals surface area contributed by atoms with Gasteiger partial charge < -0.3 is 0 Å². The van der Waals surface area contributed by atoms with E-state index in [1.807, 2.05) is 0 Å². The van der Waals surface area contributed by atoms with Crippen LogP contribution in [0.1, 0.15) is 5.69 Å². The Kier molecular flexibility index (Phi) is 4.70. The fourth-order valence-electron chi connectivity index (χ4n) is 2.76. The number of aromatic nitrogens is 2. The molecule has 6 nitrogen and oxygen atoms in total. The zero-order valence-corrected chi connectivity index (χ0v) is 16.0. The number of benzene rings is 2. The van der Waals surface area contributed by atoms with Gasteiger partial charge in [-0.05, 0) is 36.4 Å². The molecule has 0 saturated carbocycles. The lowest BCUT2D eigenvalue weighted by molar-refractivity contribution is 0.588. The van der Waals surface area contributed by atoms with Crippen LogP contribution in [0.25, 0.3) is 4.96 Å².